The third-order valence-electron chi connectivity index (χ3n) is 4.04. The van der Waals surface area contributed by atoms with Crippen molar-refractivity contribution in [1.82, 2.24) is 10.6 Å². The summed E-state index contributed by atoms with van der Waals surface area (Å²) in [5.74, 6) is 0.114. The summed E-state index contributed by atoms with van der Waals surface area (Å²) in [6.45, 7) is -2.47. The molecule has 0 heterocycles. The summed E-state index contributed by atoms with van der Waals surface area (Å²) < 4.78 is 28.4. The lowest BCUT2D eigenvalue weighted by atomic mass is 9.97. The highest BCUT2D eigenvalue weighted by atomic mass is 19.3. The Bertz CT molecular complexity index is 472. The molecule has 1 aliphatic carbocycles. The smallest absolute Gasteiger partial charge is 0.387 e. The molecule has 1 aliphatic rings. The van der Waals surface area contributed by atoms with Gasteiger partial charge in [0.15, 0.2) is 0 Å². The van der Waals surface area contributed by atoms with Crippen LogP contribution in [0, 0.1) is 0 Å². The van der Waals surface area contributed by atoms with E-state index in [4.69, 9.17) is 0 Å². The van der Waals surface area contributed by atoms with Crippen LogP contribution in [0.3, 0.4) is 0 Å². The predicted molar refractivity (Wildman–Crippen MR) is 84.6 cm³/mol. The SMILES string of the molecule is O=C(NCc1ccc(OC(F)F)cc1)NC1CCCCCCC1. The Morgan fingerprint density at radius 3 is 2.30 bits per heavy atom. The first-order valence-corrected chi connectivity index (χ1v) is 8.21. The maximum atomic E-state index is 12.1. The van der Waals surface area contributed by atoms with Crippen molar-refractivity contribution in [3.63, 3.8) is 0 Å². The molecule has 0 saturated heterocycles. The van der Waals surface area contributed by atoms with Crippen molar-refractivity contribution < 1.29 is 18.3 Å². The van der Waals surface area contributed by atoms with Crippen LogP contribution < -0.4 is 15.4 Å². The van der Waals surface area contributed by atoms with Gasteiger partial charge in [-0.3, -0.25) is 0 Å². The topological polar surface area (TPSA) is 50.4 Å². The molecule has 2 rings (SSSR count). The number of ether oxygens (including phenoxy) is 1. The number of hydrogen-bond acceptors (Lipinski definition) is 2. The molecule has 0 bridgehead atoms. The van der Waals surface area contributed by atoms with Crippen LogP contribution in [-0.4, -0.2) is 18.7 Å². The summed E-state index contributed by atoms with van der Waals surface area (Å²) in [4.78, 5) is 11.9. The van der Waals surface area contributed by atoms with Crippen LogP contribution in [0.2, 0.25) is 0 Å². The number of alkyl halides is 2. The summed E-state index contributed by atoms with van der Waals surface area (Å²) in [5, 5.41) is 5.82. The Kier molecular flexibility index (Phi) is 7.10. The van der Waals surface area contributed by atoms with Crippen LogP contribution in [0.5, 0.6) is 5.75 Å². The van der Waals surface area contributed by atoms with Gasteiger partial charge < -0.3 is 15.4 Å². The highest BCUT2D eigenvalue weighted by molar-refractivity contribution is 5.74. The van der Waals surface area contributed by atoms with Crippen LogP contribution in [0.4, 0.5) is 13.6 Å². The summed E-state index contributed by atoms with van der Waals surface area (Å²) in [6.07, 6.45) is 8.18. The fourth-order valence-corrected chi connectivity index (χ4v) is 2.81. The predicted octanol–water partition coefficient (Wildman–Crippen LogP) is 4.20. The van der Waals surface area contributed by atoms with Crippen molar-refractivity contribution in [3.8, 4) is 5.75 Å². The number of carbonyl (C=O) groups excluding carboxylic acids is 1. The number of hydrogen-bond donors (Lipinski definition) is 2. The van der Waals surface area contributed by atoms with Gasteiger partial charge in [0.1, 0.15) is 5.75 Å². The monoisotopic (exact) mass is 326 g/mol. The molecular weight excluding hydrogens is 302 g/mol. The van der Waals surface area contributed by atoms with E-state index in [0.717, 1.165) is 31.2 Å². The van der Waals surface area contributed by atoms with Crippen LogP contribution in [0.25, 0.3) is 0 Å². The highest BCUT2D eigenvalue weighted by Crippen LogP contribution is 2.17. The van der Waals surface area contributed by atoms with E-state index in [-0.39, 0.29) is 17.8 Å². The van der Waals surface area contributed by atoms with Crippen molar-refractivity contribution in [1.29, 1.82) is 0 Å². The molecule has 0 atom stereocenters. The van der Waals surface area contributed by atoms with E-state index in [9.17, 15) is 13.6 Å². The van der Waals surface area contributed by atoms with E-state index in [0.29, 0.717) is 6.54 Å². The Hall–Kier alpha value is -1.85. The summed E-state index contributed by atoms with van der Waals surface area (Å²) >= 11 is 0. The van der Waals surface area contributed by atoms with Gasteiger partial charge in [0.05, 0.1) is 0 Å². The molecule has 128 valence electrons. The standard InChI is InChI=1S/C17H24F2N2O2/c18-16(19)23-15-10-8-13(9-11-15)12-20-17(22)21-14-6-4-2-1-3-5-7-14/h8-11,14,16H,1-7,12H2,(H2,20,21,22). The first-order chi connectivity index (χ1) is 11.1. The fraction of sp³-hybridized carbons (Fsp3) is 0.588. The summed E-state index contributed by atoms with van der Waals surface area (Å²) in [6, 6.07) is 6.33. The molecule has 2 amide bonds. The minimum atomic E-state index is -2.83. The minimum Gasteiger partial charge on any atom is -0.435 e. The molecule has 23 heavy (non-hydrogen) atoms. The summed E-state index contributed by atoms with van der Waals surface area (Å²) in [7, 11) is 0. The third kappa shape index (κ3) is 6.84. The van der Waals surface area contributed by atoms with E-state index in [1.54, 1.807) is 12.1 Å². The average Bonchev–Trinajstić information content (AvgIpc) is 2.48. The number of carbonyl (C=O) groups is 1. The highest BCUT2D eigenvalue weighted by Gasteiger charge is 2.13. The number of nitrogens with one attached hydrogen (secondary N) is 2. The normalized spacial score (nSPS) is 16.5. The second-order valence-corrected chi connectivity index (χ2v) is 5.89. The van der Waals surface area contributed by atoms with Gasteiger partial charge in [-0.05, 0) is 30.5 Å². The molecule has 6 heteroatoms. The molecule has 0 radical (unpaired) electrons. The van der Waals surface area contributed by atoms with Gasteiger partial charge in [-0.1, -0.05) is 44.2 Å². The van der Waals surface area contributed by atoms with Gasteiger partial charge >= 0.3 is 12.6 Å². The molecule has 2 N–H and O–H groups in total. The number of benzene rings is 1. The Morgan fingerprint density at radius 2 is 1.70 bits per heavy atom. The zero-order valence-corrected chi connectivity index (χ0v) is 13.2. The lowest BCUT2D eigenvalue weighted by Crippen LogP contribution is -2.42. The molecule has 4 nitrogen and oxygen atoms in total. The van der Waals surface area contributed by atoms with Crippen molar-refractivity contribution in [2.24, 2.45) is 0 Å². The van der Waals surface area contributed by atoms with Crippen molar-refractivity contribution in [2.45, 2.75) is 64.1 Å². The van der Waals surface area contributed by atoms with Crippen LogP contribution in [0.15, 0.2) is 24.3 Å². The van der Waals surface area contributed by atoms with Gasteiger partial charge in [0.2, 0.25) is 0 Å². The maximum absolute atomic E-state index is 12.1. The van der Waals surface area contributed by atoms with Crippen molar-refractivity contribution in [3.05, 3.63) is 29.8 Å². The molecule has 0 aliphatic heterocycles. The molecular formula is C17H24F2N2O2. The maximum Gasteiger partial charge on any atom is 0.387 e. The average molecular weight is 326 g/mol. The number of urea groups is 1. The lowest BCUT2D eigenvalue weighted by molar-refractivity contribution is -0.0498. The molecule has 1 fully saturated rings. The first-order valence-electron chi connectivity index (χ1n) is 8.21. The molecule has 0 spiro atoms. The summed E-state index contributed by atoms with van der Waals surface area (Å²) in [5.41, 5.74) is 0.833. The van der Waals surface area contributed by atoms with Gasteiger partial charge in [-0.25, -0.2) is 4.79 Å². The van der Waals surface area contributed by atoms with E-state index >= 15 is 0 Å². The Balaban J connectivity index is 1.72. The quantitative estimate of drug-likeness (QED) is 0.852. The fourth-order valence-electron chi connectivity index (χ4n) is 2.81. The molecule has 0 aromatic heterocycles. The van der Waals surface area contributed by atoms with Crippen LogP contribution >= 0.6 is 0 Å². The van der Waals surface area contributed by atoms with E-state index in [1.807, 2.05) is 0 Å². The van der Waals surface area contributed by atoms with Crippen molar-refractivity contribution in [2.75, 3.05) is 0 Å². The van der Waals surface area contributed by atoms with Crippen LogP contribution in [0.1, 0.15) is 50.5 Å². The van der Waals surface area contributed by atoms with E-state index < -0.39 is 6.61 Å². The van der Waals surface area contributed by atoms with Gasteiger partial charge in [0.25, 0.3) is 0 Å². The van der Waals surface area contributed by atoms with Gasteiger partial charge in [-0.15, -0.1) is 0 Å². The molecule has 1 aromatic rings. The van der Waals surface area contributed by atoms with Gasteiger partial charge in [0, 0.05) is 12.6 Å². The van der Waals surface area contributed by atoms with E-state index in [1.165, 1.54) is 31.4 Å². The third-order valence-corrected chi connectivity index (χ3v) is 4.04. The second-order valence-electron chi connectivity index (χ2n) is 5.89. The first kappa shape index (κ1) is 17.5. The largest absolute Gasteiger partial charge is 0.435 e. The zero-order chi connectivity index (χ0) is 16.5. The zero-order valence-electron chi connectivity index (χ0n) is 13.2. The minimum absolute atomic E-state index is 0.114. The molecule has 0 unspecified atom stereocenters. The van der Waals surface area contributed by atoms with Crippen LogP contribution in [-0.2, 0) is 6.54 Å². The lowest BCUT2D eigenvalue weighted by Gasteiger charge is -2.21. The number of rotatable bonds is 5. The van der Waals surface area contributed by atoms with E-state index in [2.05, 4.69) is 15.4 Å². The second kappa shape index (κ2) is 9.33. The Morgan fingerprint density at radius 1 is 1.09 bits per heavy atom. The number of halogens is 2. The molecule has 1 saturated carbocycles. The Labute approximate surface area is 135 Å². The van der Waals surface area contributed by atoms with Gasteiger partial charge in [-0.2, -0.15) is 8.78 Å². The molecule has 1 aromatic carbocycles. The number of amides is 2. The van der Waals surface area contributed by atoms with Crippen molar-refractivity contribution >= 4 is 6.03 Å².